The standard InChI is InChI=1S/C58H65BN2O/c1-14-38-22-25-46-53(54(38)62-13)61(48-34-44-42(30-37(48)4)56(7,8)28-29-58(44,11)12)50-32-39(51-35(2)18-17-19-36(51)3)31-49-52(50)59(46)45-20-15-16-21-47(45)60(49)40-23-24-41-43(33-40)57(9,10)27-26-55(41,5)6/h15-25,30-34H,14,26-29H2,1-13H3. The molecule has 62 heavy (non-hydrogen) atoms. The average Bonchev–Trinajstić information content (AvgIpc) is 3.23. The fourth-order valence-electron chi connectivity index (χ4n) is 12.2. The molecule has 0 saturated heterocycles. The normalized spacial score (nSPS) is 18.3. The molecule has 316 valence electrons. The van der Waals surface area contributed by atoms with Gasteiger partial charge in [0.05, 0.1) is 12.8 Å². The van der Waals surface area contributed by atoms with Crippen LogP contribution in [0, 0.1) is 20.8 Å². The number of methoxy groups -OCH3 is 1. The van der Waals surface area contributed by atoms with Crippen molar-refractivity contribution in [1.29, 1.82) is 0 Å². The molecule has 2 heterocycles. The summed E-state index contributed by atoms with van der Waals surface area (Å²) in [4.78, 5) is 5.25. The molecule has 10 rings (SSSR count). The maximum atomic E-state index is 6.64. The van der Waals surface area contributed by atoms with Crippen LogP contribution in [0.15, 0.2) is 97.1 Å². The lowest BCUT2D eigenvalue weighted by Crippen LogP contribution is -2.61. The second-order valence-electron chi connectivity index (χ2n) is 21.9. The largest absolute Gasteiger partial charge is 0.494 e. The van der Waals surface area contributed by atoms with Crippen LogP contribution in [-0.4, -0.2) is 13.8 Å². The molecule has 0 aromatic heterocycles. The third kappa shape index (κ3) is 5.91. The van der Waals surface area contributed by atoms with Gasteiger partial charge in [-0.1, -0.05) is 123 Å². The molecule has 0 atom stereocenters. The Morgan fingerprint density at radius 3 is 1.74 bits per heavy atom. The zero-order valence-corrected chi connectivity index (χ0v) is 39.7. The number of ether oxygens (including phenoxy) is 1. The van der Waals surface area contributed by atoms with E-state index >= 15 is 0 Å². The van der Waals surface area contributed by atoms with E-state index in [1.54, 1.807) is 0 Å². The molecule has 6 aromatic rings. The highest BCUT2D eigenvalue weighted by molar-refractivity contribution is 7.00. The van der Waals surface area contributed by atoms with Crippen molar-refractivity contribution in [2.75, 3.05) is 16.9 Å². The van der Waals surface area contributed by atoms with Crippen LogP contribution in [0.1, 0.15) is 133 Å². The third-order valence-corrected chi connectivity index (χ3v) is 16.0. The van der Waals surface area contributed by atoms with Crippen LogP contribution in [0.4, 0.5) is 34.1 Å². The van der Waals surface area contributed by atoms with Crippen molar-refractivity contribution in [3.63, 3.8) is 0 Å². The first-order chi connectivity index (χ1) is 29.4. The molecular formula is C58H65BN2O. The molecule has 0 fully saturated rings. The summed E-state index contributed by atoms with van der Waals surface area (Å²) in [5.41, 5.74) is 25.3. The van der Waals surface area contributed by atoms with Crippen molar-refractivity contribution < 1.29 is 4.74 Å². The Kier molecular flexibility index (Phi) is 9.15. The van der Waals surface area contributed by atoms with Gasteiger partial charge in [-0.2, -0.15) is 0 Å². The first-order valence-corrected chi connectivity index (χ1v) is 23.3. The first kappa shape index (κ1) is 40.8. The van der Waals surface area contributed by atoms with Gasteiger partial charge in [-0.3, -0.25) is 0 Å². The van der Waals surface area contributed by atoms with Gasteiger partial charge in [0.1, 0.15) is 5.75 Å². The summed E-state index contributed by atoms with van der Waals surface area (Å²) in [6.07, 6.45) is 5.60. The molecule has 2 aliphatic carbocycles. The summed E-state index contributed by atoms with van der Waals surface area (Å²) < 4.78 is 6.64. The molecular weight excluding hydrogens is 751 g/mol. The third-order valence-electron chi connectivity index (χ3n) is 16.0. The Balaban J connectivity index is 1.36. The van der Waals surface area contributed by atoms with Crippen LogP contribution in [0.3, 0.4) is 0 Å². The van der Waals surface area contributed by atoms with Crippen LogP contribution in [0.2, 0.25) is 0 Å². The van der Waals surface area contributed by atoms with E-state index in [0.717, 1.165) is 18.6 Å². The van der Waals surface area contributed by atoms with Gasteiger partial charge in [0, 0.05) is 28.4 Å². The van der Waals surface area contributed by atoms with Gasteiger partial charge in [-0.25, -0.2) is 0 Å². The second kappa shape index (κ2) is 13.9. The number of anilines is 6. The monoisotopic (exact) mass is 817 g/mol. The molecule has 2 aliphatic heterocycles. The molecule has 0 spiro atoms. The summed E-state index contributed by atoms with van der Waals surface area (Å²) in [5, 5.41) is 0. The zero-order valence-electron chi connectivity index (χ0n) is 39.7. The van der Waals surface area contributed by atoms with Gasteiger partial charge in [0.2, 0.25) is 0 Å². The number of aryl methyl sites for hydroxylation is 4. The molecule has 0 radical (unpaired) electrons. The van der Waals surface area contributed by atoms with E-state index in [9.17, 15) is 0 Å². The lowest BCUT2D eigenvalue weighted by atomic mass is 9.33. The summed E-state index contributed by atoms with van der Waals surface area (Å²) in [5.74, 6) is 0.978. The van der Waals surface area contributed by atoms with Crippen LogP contribution in [-0.2, 0) is 28.1 Å². The molecule has 0 bridgehead atoms. The van der Waals surface area contributed by atoms with E-state index in [-0.39, 0.29) is 28.4 Å². The van der Waals surface area contributed by atoms with E-state index in [2.05, 4.69) is 190 Å². The van der Waals surface area contributed by atoms with Crippen LogP contribution < -0.4 is 30.9 Å². The van der Waals surface area contributed by atoms with Gasteiger partial charge in [-0.15, -0.1) is 0 Å². The number of fused-ring (bicyclic) bond motifs is 6. The predicted molar refractivity (Wildman–Crippen MR) is 267 cm³/mol. The number of nitrogens with zero attached hydrogens (tertiary/aromatic N) is 2. The van der Waals surface area contributed by atoms with Gasteiger partial charge >= 0.3 is 0 Å². The summed E-state index contributed by atoms with van der Waals surface area (Å²) in [6, 6.07) is 38.3. The SMILES string of the molecule is CCc1ccc2c(c1OC)N(c1cc3c(cc1C)C(C)(C)CCC3(C)C)c1cc(-c3c(C)cccc3C)cc3c1B2c1ccccc1N3c1ccc2c(c1)C(C)(C)CCC2(C)C. The van der Waals surface area contributed by atoms with Crippen LogP contribution >= 0.6 is 0 Å². The summed E-state index contributed by atoms with van der Waals surface area (Å²) >= 11 is 0. The Hall–Kier alpha value is -5.22. The lowest BCUT2D eigenvalue weighted by Gasteiger charge is -2.47. The molecule has 0 unspecified atom stereocenters. The quantitative estimate of drug-likeness (QED) is 0.161. The van der Waals surface area contributed by atoms with Gasteiger partial charge in [0.15, 0.2) is 0 Å². The minimum absolute atomic E-state index is 0.00633. The minimum Gasteiger partial charge on any atom is -0.494 e. The number of para-hydroxylation sites is 1. The van der Waals surface area contributed by atoms with Crippen molar-refractivity contribution in [3.8, 4) is 16.9 Å². The van der Waals surface area contributed by atoms with Crippen molar-refractivity contribution in [1.82, 2.24) is 0 Å². The summed E-state index contributed by atoms with van der Waals surface area (Å²) in [6.45, 7) is 28.7. The van der Waals surface area contributed by atoms with Gasteiger partial charge in [-0.05, 0) is 183 Å². The van der Waals surface area contributed by atoms with Crippen LogP contribution in [0.5, 0.6) is 5.75 Å². The highest BCUT2D eigenvalue weighted by Crippen LogP contribution is 2.54. The Bertz CT molecular complexity index is 2820. The molecule has 0 N–H and O–H groups in total. The van der Waals surface area contributed by atoms with Crippen LogP contribution in [0.25, 0.3) is 11.1 Å². The van der Waals surface area contributed by atoms with Gasteiger partial charge < -0.3 is 14.5 Å². The molecule has 0 amide bonds. The van der Waals surface area contributed by atoms with Gasteiger partial charge in [0.25, 0.3) is 6.71 Å². The lowest BCUT2D eigenvalue weighted by molar-refractivity contribution is 0.332. The van der Waals surface area contributed by atoms with E-state index in [1.807, 2.05) is 7.11 Å². The zero-order chi connectivity index (χ0) is 43.8. The van der Waals surface area contributed by atoms with Crippen molar-refractivity contribution in [2.45, 2.75) is 137 Å². The number of hydrogen-bond acceptors (Lipinski definition) is 3. The molecule has 4 aliphatic rings. The number of hydrogen-bond donors (Lipinski definition) is 0. The first-order valence-electron chi connectivity index (χ1n) is 23.3. The maximum absolute atomic E-state index is 6.64. The average molecular weight is 817 g/mol. The Labute approximate surface area is 372 Å². The molecule has 4 heteroatoms. The Morgan fingerprint density at radius 2 is 1.11 bits per heavy atom. The fraction of sp³-hybridized carbons (Fsp3) is 0.379. The van der Waals surface area contributed by atoms with E-state index in [0.29, 0.717) is 0 Å². The van der Waals surface area contributed by atoms with Crippen molar-refractivity contribution in [3.05, 3.63) is 142 Å². The second-order valence-corrected chi connectivity index (χ2v) is 21.9. The number of rotatable bonds is 5. The predicted octanol–water partition coefficient (Wildman–Crippen LogP) is 13.6. The summed E-state index contributed by atoms with van der Waals surface area (Å²) in [7, 11) is 1.88. The minimum atomic E-state index is 0.00633. The Morgan fingerprint density at radius 1 is 0.532 bits per heavy atom. The molecule has 0 saturated carbocycles. The highest BCUT2D eigenvalue weighted by atomic mass is 16.5. The van der Waals surface area contributed by atoms with E-state index < -0.39 is 0 Å². The smallest absolute Gasteiger partial charge is 0.252 e. The van der Waals surface area contributed by atoms with Crippen molar-refractivity contribution >= 4 is 57.2 Å². The topological polar surface area (TPSA) is 15.7 Å². The fourth-order valence-corrected chi connectivity index (χ4v) is 12.2. The molecule has 3 nitrogen and oxygen atoms in total. The van der Waals surface area contributed by atoms with Crippen molar-refractivity contribution in [2.24, 2.45) is 0 Å². The molecule has 6 aromatic carbocycles. The number of benzene rings is 6. The van der Waals surface area contributed by atoms with E-state index in [4.69, 9.17) is 4.74 Å². The highest BCUT2D eigenvalue weighted by Gasteiger charge is 2.47. The maximum Gasteiger partial charge on any atom is 0.252 e. The van der Waals surface area contributed by atoms with E-state index in [1.165, 1.54) is 125 Å².